The van der Waals surface area contributed by atoms with E-state index in [1.54, 1.807) is 37.4 Å². The van der Waals surface area contributed by atoms with Gasteiger partial charge in [0.05, 0.1) is 17.7 Å². The number of nitrogens with zero attached hydrogens (tertiary/aromatic N) is 2. The molecule has 1 atom stereocenters. The zero-order chi connectivity index (χ0) is 33.4. The van der Waals surface area contributed by atoms with Gasteiger partial charge in [0.1, 0.15) is 18.3 Å². The predicted octanol–water partition coefficient (Wildman–Crippen LogP) is 6.21. The van der Waals surface area contributed by atoms with Crippen LogP contribution in [0.15, 0.2) is 108 Å². The Kier molecular flexibility index (Phi) is 11.0. The molecule has 1 saturated carbocycles. The van der Waals surface area contributed by atoms with Gasteiger partial charge in [-0.25, -0.2) is 8.42 Å². The zero-order valence-corrected chi connectivity index (χ0v) is 28.1. The van der Waals surface area contributed by atoms with Crippen LogP contribution in [-0.4, -0.2) is 50.9 Å². The predicted molar refractivity (Wildman–Crippen MR) is 185 cm³/mol. The van der Waals surface area contributed by atoms with E-state index in [-0.39, 0.29) is 29.8 Å². The van der Waals surface area contributed by atoms with Crippen LogP contribution in [0.5, 0.6) is 5.75 Å². The second kappa shape index (κ2) is 15.3. The molecule has 4 aromatic rings. The fourth-order valence-electron chi connectivity index (χ4n) is 6.02. The molecule has 5 rings (SSSR count). The Morgan fingerprint density at radius 3 is 2.15 bits per heavy atom. The summed E-state index contributed by atoms with van der Waals surface area (Å²) in [5.41, 5.74) is 3.93. The third-order valence-electron chi connectivity index (χ3n) is 8.85. The van der Waals surface area contributed by atoms with Crippen LogP contribution >= 0.6 is 0 Å². The van der Waals surface area contributed by atoms with Crippen molar-refractivity contribution in [3.05, 3.63) is 125 Å². The lowest BCUT2D eigenvalue weighted by Crippen LogP contribution is -2.54. The highest BCUT2D eigenvalue weighted by atomic mass is 32.2. The van der Waals surface area contributed by atoms with E-state index in [1.165, 1.54) is 17.0 Å². The van der Waals surface area contributed by atoms with Crippen molar-refractivity contribution in [2.45, 2.75) is 69.5 Å². The first-order valence-corrected chi connectivity index (χ1v) is 17.5. The minimum Gasteiger partial charge on any atom is -0.497 e. The molecule has 0 unspecified atom stereocenters. The number of aryl methyl sites for hydroxylation is 2. The summed E-state index contributed by atoms with van der Waals surface area (Å²) in [5.74, 6) is -0.123. The molecule has 0 saturated heterocycles. The van der Waals surface area contributed by atoms with E-state index in [9.17, 15) is 18.0 Å². The third-order valence-corrected chi connectivity index (χ3v) is 10.6. The van der Waals surface area contributed by atoms with E-state index in [4.69, 9.17) is 4.74 Å². The van der Waals surface area contributed by atoms with Gasteiger partial charge in [-0.05, 0) is 85.3 Å². The summed E-state index contributed by atoms with van der Waals surface area (Å²) in [4.78, 5) is 30.5. The Bertz CT molecular complexity index is 1770. The van der Waals surface area contributed by atoms with Gasteiger partial charge < -0.3 is 15.0 Å². The molecule has 4 aromatic carbocycles. The lowest BCUT2D eigenvalue weighted by atomic mass is 10.0. The van der Waals surface area contributed by atoms with Gasteiger partial charge in [-0.2, -0.15) is 0 Å². The first-order chi connectivity index (χ1) is 22.7. The molecule has 0 radical (unpaired) electrons. The van der Waals surface area contributed by atoms with Crippen molar-refractivity contribution in [1.82, 2.24) is 10.2 Å². The number of benzene rings is 4. The smallest absolute Gasteiger partial charge is 0.264 e. The summed E-state index contributed by atoms with van der Waals surface area (Å²) < 4.78 is 35.0. The SMILES string of the molecule is COc1cccc(CN(C(=O)CN(c2ccc(C)c(C)c2)S(=O)(=O)c2ccccc2)[C@@H](Cc2ccccc2)C(=O)NC2CCCC2)c1. The van der Waals surface area contributed by atoms with Crippen LogP contribution in [0.25, 0.3) is 0 Å². The molecule has 1 fully saturated rings. The Morgan fingerprint density at radius 2 is 1.49 bits per heavy atom. The number of ether oxygens (including phenoxy) is 1. The number of sulfonamides is 1. The first-order valence-electron chi connectivity index (χ1n) is 16.1. The van der Waals surface area contributed by atoms with Crippen molar-refractivity contribution < 1.29 is 22.7 Å². The summed E-state index contributed by atoms with van der Waals surface area (Å²) in [5, 5.41) is 3.21. The Hall–Kier alpha value is -4.63. The summed E-state index contributed by atoms with van der Waals surface area (Å²) in [6.45, 7) is 3.45. The largest absolute Gasteiger partial charge is 0.497 e. The lowest BCUT2D eigenvalue weighted by Gasteiger charge is -2.34. The summed E-state index contributed by atoms with van der Waals surface area (Å²) >= 11 is 0. The molecular weight excluding hydrogens is 611 g/mol. The second-order valence-corrected chi connectivity index (χ2v) is 14.0. The van der Waals surface area contributed by atoms with Crippen molar-refractivity contribution in [3.63, 3.8) is 0 Å². The molecule has 9 heteroatoms. The van der Waals surface area contributed by atoms with Crippen LogP contribution < -0.4 is 14.4 Å². The Morgan fingerprint density at radius 1 is 0.830 bits per heavy atom. The van der Waals surface area contributed by atoms with Gasteiger partial charge in [-0.1, -0.05) is 79.6 Å². The zero-order valence-electron chi connectivity index (χ0n) is 27.3. The number of methoxy groups -OCH3 is 1. The minimum absolute atomic E-state index is 0.0417. The molecule has 0 aliphatic heterocycles. The number of hydrogen-bond acceptors (Lipinski definition) is 5. The van der Waals surface area contributed by atoms with Crippen molar-refractivity contribution in [3.8, 4) is 5.75 Å². The standard InChI is InChI=1S/C38H43N3O5S/c1-28-21-22-33(23-29(28)2)41(47(44,45)35-19-8-5-9-20-35)27-37(42)40(26-31-15-12-18-34(24-31)46-3)36(25-30-13-6-4-7-14-30)38(43)39-32-16-10-11-17-32/h4-9,12-15,18-24,32,36H,10-11,16-17,25-27H2,1-3H3,(H,39,43)/t36-/m0/s1. The number of carbonyl (C=O) groups is 2. The van der Waals surface area contributed by atoms with Crippen molar-refractivity contribution in [2.75, 3.05) is 18.0 Å². The van der Waals surface area contributed by atoms with E-state index < -0.39 is 28.5 Å². The second-order valence-electron chi connectivity index (χ2n) is 12.2. The lowest BCUT2D eigenvalue weighted by molar-refractivity contribution is -0.140. The number of nitrogens with one attached hydrogen (secondary N) is 1. The highest BCUT2D eigenvalue weighted by Crippen LogP contribution is 2.27. The molecule has 1 aliphatic rings. The average Bonchev–Trinajstić information content (AvgIpc) is 3.60. The molecule has 0 bridgehead atoms. The summed E-state index contributed by atoms with van der Waals surface area (Å²) in [6.07, 6.45) is 4.14. The number of hydrogen-bond donors (Lipinski definition) is 1. The van der Waals surface area contributed by atoms with Crippen LogP contribution in [0.2, 0.25) is 0 Å². The minimum atomic E-state index is -4.15. The third kappa shape index (κ3) is 8.40. The molecule has 1 aliphatic carbocycles. The van der Waals surface area contributed by atoms with Gasteiger partial charge in [0, 0.05) is 19.0 Å². The molecule has 47 heavy (non-hydrogen) atoms. The fraction of sp³-hybridized carbons (Fsp3) is 0.316. The van der Waals surface area contributed by atoms with Gasteiger partial charge in [-0.15, -0.1) is 0 Å². The van der Waals surface area contributed by atoms with Crippen LogP contribution in [0.1, 0.15) is 47.9 Å². The van der Waals surface area contributed by atoms with Crippen molar-refractivity contribution in [2.24, 2.45) is 0 Å². The van der Waals surface area contributed by atoms with E-state index in [0.717, 1.165) is 52.2 Å². The maximum Gasteiger partial charge on any atom is 0.264 e. The fourth-order valence-corrected chi connectivity index (χ4v) is 7.45. The highest BCUT2D eigenvalue weighted by Gasteiger charge is 2.35. The maximum absolute atomic E-state index is 14.7. The molecule has 0 heterocycles. The molecule has 8 nitrogen and oxygen atoms in total. The van der Waals surface area contributed by atoms with Crippen LogP contribution in [-0.2, 0) is 32.6 Å². The monoisotopic (exact) mass is 653 g/mol. The van der Waals surface area contributed by atoms with Crippen molar-refractivity contribution >= 4 is 27.5 Å². The molecule has 246 valence electrons. The number of amides is 2. The van der Waals surface area contributed by atoms with Crippen molar-refractivity contribution in [1.29, 1.82) is 0 Å². The highest BCUT2D eigenvalue weighted by molar-refractivity contribution is 7.92. The van der Waals surface area contributed by atoms with E-state index in [2.05, 4.69) is 5.32 Å². The van der Waals surface area contributed by atoms with Gasteiger partial charge in [0.15, 0.2) is 0 Å². The number of anilines is 1. The number of carbonyl (C=O) groups excluding carboxylic acids is 2. The summed E-state index contributed by atoms with van der Waals surface area (Å²) in [6, 6.07) is 29.6. The summed E-state index contributed by atoms with van der Waals surface area (Å²) in [7, 11) is -2.58. The quantitative estimate of drug-likeness (QED) is 0.185. The number of rotatable bonds is 13. The Labute approximate surface area is 278 Å². The molecule has 0 aromatic heterocycles. The van der Waals surface area contributed by atoms with Crippen LogP contribution in [0, 0.1) is 13.8 Å². The van der Waals surface area contributed by atoms with Gasteiger partial charge in [0.25, 0.3) is 10.0 Å². The van der Waals surface area contributed by atoms with Crippen LogP contribution in [0.3, 0.4) is 0 Å². The van der Waals surface area contributed by atoms with E-state index in [1.807, 2.05) is 74.5 Å². The molecule has 2 amide bonds. The maximum atomic E-state index is 14.7. The first kappa shape index (κ1) is 33.7. The van der Waals surface area contributed by atoms with Gasteiger partial charge in [0.2, 0.25) is 11.8 Å². The van der Waals surface area contributed by atoms with E-state index in [0.29, 0.717) is 11.4 Å². The molecule has 0 spiro atoms. The Balaban J connectivity index is 1.58. The average molecular weight is 654 g/mol. The van der Waals surface area contributed by atoms with E-state index >= 15 is 0 Å². The van der Waals surface area contributed by atoms with Gasteiger partial charge >= 0.3 is 0 Å². The van der Waals surface area contributed by atoms with Crippen LogP contribution in [0.4, 0.5) is 5.69 Å². The normalized spacial score (nSPS) is 13.9. The molecular formula is C38H43N3O5S. The molecule has 1 N–H and O–H groups in total. The topological polar surface area (TPSA) is 96.0 Å². The van der Waals surface area contributed by atoms with Gasteiger partial charge in [-0.3, -0.25) is 13.9 Å².